The number of hydrogen-bond donors (Lipinski definition) is 1. The molecule has 0 atom stereocenters. The van der Waals surface area contributed by atoms with Crippen LogP contribution in [0, 0.1) is 12.7 Å². The van der Waals surface area contributed by atoms with Gasteiger partial charge in [0.05, 0.1) is 0 Å². The average Bonchev–Trinajstić information content (AvgIpc) is 2.22. The van der Waals surface area contributed by atoms with Gasteiger partial charge in [-0.2, -0.15) is 0 Å². The Kier molecular flexibility index (Phi) is 4.56. The highest BCUT2D eigenvalue weighted by atomic mass is 35.5. The number of anilines is 1. The molecule has 0 saturated heterocycles. The molecule has 4 heteroatoms. The van der Waals surface area contributed by atoms with Gasteiger partial charge in [0.2, 0.25) is 5.91 Å². The third-order valence-corrected chi connectivity index (χ3v) is 2.35. The Bertz CT molecular complexity index is 354. The van der Waals surface area contributed by atoms with Crippen molar-refractivity contribution >= 4 is 23.2 Å². The van der Waals surface area contributed by atoms with Crippen LogP contribution in [0.4, 0.5) is 10.1 Å². The third-order valence-electron chi connectivity index (χ3n) is 2.08. The van der Waals surface area contributed by atoms with E-state index < -0.39 is 0 Å². The van der Waals surface area contributed by atoms with Gasteiger partial charge in [-0.25, -0.2) is 4.39 Å². The molecule has 0 unspecified atom stereocenters. The number of carbonyl (C=O) groups is 1. The number of amides is 1. The fourth-order valence-electron chi connectivity index (χ4n) is 1.18. The van der Waals surface area contributed by atoms with Crippen LogP contribution in [0.2, 0.25) is 0 Å². The molecule has 1 amide bonds. The van der Waals surface area contributed by atoms with E-state index in [2.05, 4.69) is 5.32 Å². The Balaban J connectivity index is 2.64. The van der Waals surface area contributed by atoms with E-state index in [1.807, 2.05) is 0 Å². The van der Waals surface area contributed by atoms with E-state index >= 15 is 0 Å². The summed E-state index contributed by atoms with van der Waals surface area (Å²) >= 11 is 5.47. The lowest BCUT2D eigenvalue weighted by Gasteiger charge is -2.08. The van der Waals surface area contributed by atoms with Gasteiger partial charge in [-0.15, -0.1) is 11.6 Å². The standard InChI is InChI=1S/C11H13ClFNO/c1-8-9(13)4-2-5-10(8)14-11(15)6-3-7-12/h2,4-5H,3,6-7H2,1H3,(H,14,15). The molecule has 15 heavy (non-hydrogen) atoms. The van der Waals surface area contributed by atoms with Crippen LogP contribution in [0.25, 0.3) is 0 Å². The molecule has 0 aromatic heterocycles. The second-order valence-electron chi connectivity index (χ2n) is 3.25. The van der Waals surface area contributed by atoms with E-state index in [0.29, 0.717) is 30.0 Å². The van der Waals surface area contributed by atoms with Gasteiger partial charge >= 0.3 is 0 Å². The van der Waals surface area contributed by atoms with Gasteiger partial charge < -0.3 is 5.32 Å². The van der Waals surface area contributed by atoms with Crippen LogP contribution in [0.15, 0.2) is 18.2 Å². The largest absolute Gasteiger partial charge is 0.326 e. The Hall–Kier alpha value is -1.09. The fraction of sp³-hybridized carbons (Fsp3) is 0.364. The van der Waals surface area contributed by atoms with E-state index in [-0.39, 0.29) is 11.7 Å². The number of rotatable bonds is 4. The van der Waals surface area contributed by atoms with Crippen molar-refractivity contribution in [2.45, 2.75) is 19.8 Å². The first-order valence-corrected chi connectivity index (χ1v) is 5.29. The molecule has 0 spiro atoms. The molecule has 1 N–H and O–H groups in total. The summed E-state index contributed by atoms with van der Waals surface area (Å²) in [6.07, 6.45) is 0.987. The Morgan fingerprint density at radius 1 is 1.53 bits per heavy atom. The Morgan fingerprint density at radius 2 is 2.27 bits per heavy atom. The molecule has 0 radical (unpaired) electrons. The maximum Gasteiger partial charge on any atom is 0.224 e. The molecule has 0 bridgehead atoms. The highest BCUT2D eigenvalue weighted by Gasteiger charge is 2.06. The summed E-state index contributed by atoms with van der Waals surface area (Å²) in [5.74, 6) is 0.00438. The second-order valence-corrected chi connectivity index (χ2v) is 3.63. The van der Waals surface area contributed by atoms with Crippen LogP contribution in [0.3, 0.4) is 0 Å². The smallest absolute Gasteiger partial charge is 0.224 e. The lowest BCUT2D eigenvalue weighted by molar-refractivity contribution is -0.116. The van der Waals surface area contributed by atoms with E-state index in [1.165, 1.54) is 6.07 Å². The summed E-state index contributed by atoms with van der Waals surface area (Å²) < 4.78 is 13.1. The zero-order valence-corrected chi connectivity index (χ0v) is 9.27. The molecule has 2 nitrogen and oxygen atoms in total. The summed E-state index contributed by atoms with van der Waals surface area (Å²) in [7, 11) is 0. The van der Waals surface area contributed by atoms with E-state index in [1.54, 1.807) is 19.1 Å². The van der Waals surface area contributed by atoms with Crippen LogP contribution >= 0.6 is 11.6 Å². The molecule has 0 aliphatic rings. The number of nitrogens with one attached hydrogen (secondary N) is 1. The maximum atomic E-state index is 13.1. The third kappa shape index (κ3) is 3.51. The van der Waals surface area contributed by atoms with Crippen LogP contribution in [0.1, 0.15) is 18.4 Å². The molecular weight excluding hydrogens is 217 g/mol. The monoisotopic (exact) mass is 229 g/mol. The molecule has 0 heterocycles. The van der Waals surface area contributed by atoms with E-state index in [4.69, 9.17) is 11.6 Å². The van der Waals surface area contributed by atoms with Gasteiger partial charge in [0.15, 0.2) is 0 Å². The highest BCUT2D eigenvalue weighted by molar-refractivity contribution is 6.18. The Labute approximate surface area is 93.4 Å². The van der Waals surface area contributed by atoms with E-state index in [9.17, 15) is 9.18 Å². The van der Waals surface area contributed by atoms with Crippen LogP contribution < -0.4 is 5.32 Å². The van der Waals surface area contributed by atoms with Gasteiger partial charge in [0, 0.05) is 23.6 Å². The topological polar surface area (TPSA) is 29.1 Å². The SMILES string of the molecule is Cc1c(F)cccc1NC(=O)CCCCl. The number of alkyl halides is 1. The number of carbonyl (C=O) groups excluding carboxylic acids is 1. The molecule has 0 aliphatic carbocycles. The highest BCUT2D eigenvalue weighted by Crippen LogP contribution is 2.17. The summed E-state index contributed by atoms with van der Waals surface area (Å²) in [5.41, 5.74) is 0.978. The summed E-state index contributed by atoms with van der Waals surface area (Å²) in [6.45, 7) is 1.63. The second kappa shape index (κ2) is 5.71. The van der Waals surface area contributed by atoms with Crippen LogP contribution in [-0.2, 0) is 4.79 Å². The van der Waals surface area contributed by atoms with Gasteiger partial charge in [0.25, 0.3) is 0 Å². The van der Waals surface area contributed by atoms with Crippen molar-refractivity contribution in [1.82, 2.24) is 0 Å². The first kappa shape index (κ1) is 12.0. The lowest BCUT2D eigenvalue weighted by atomic mass is 10.2. The van der Waals surface area contributed by atoms with Crippen molar-refractivity contribution in [2.24, 2.45) is 0 Å². The lowest BCUT2D eigenvalue weighted by Crippen LogP contribution is -2.12. The first-order valence-electron chi connectivity index (χ1n) is 4.76. The van der Waals surface area contributed by atoms with E-state index in [0.717, 1.165) is 0 Å². The first-order chi connectivity index (χ1) is 7.15. The predicted octanol–water partition coefficient (Wildman–Crippen LogP) is 3.09. The zero-order chi connectivity index (χ0) is 11.3. The minimum Gasteiger partial charge on any atom is -0.326 e. The van der Waals surface area contributed by atoms with Crippen molar-refractivity contribution in [3.05, 3.63) is 29.6 Å². The number of halogens is 2. The van der Waals surface area contributed by atoms with Crippen molar-refractivity contribution in [2.75, 3.05) is 11.2 Å². The quantitative estimate of drug-likeness (QED) is 0.790. The molecular formula is C11H13ClFNO. The molecule has 1 aromatic rings. The summed E-state index contributed by atoms with van der Waals surface area (Å²) in [6, 6.07) is 4.61. The van der Waals surface area contributed by atoms with Gasteiger partial charge in [-0.3, -0.25) is 4.79 Å². The Morgan fingerprint density at radius 3 is 2.93 bits per heavy atom. The molecule has 0 aliphatic heterocycles. The minimum absolute atomic E-state index is 0.135. The number of hydrogen-bond acceptors (Lipinski definition) is 1. The van der Waals surface area contributed by atoms with Crippen molar-refractivity contribution in [3.63, 3.8) is 0 Å². The zero-order valence-electron chi connectivity index (χ0n) is 8.52. The normalized spacial score (nSPS) is 10.1. The van der Waals surface area contributed by atoms with Crippen molar-refractivity contribution in [1.29, 1.82) is 0 Å². The summed E-state index contributed by atoms with van der Waals surface area (Å²) in [5, 5.41) is 2.65. The minimum atomic E-state index is -0.315. The van der Waals surface area contributed by atoms with Crippen molar-refractivity contribution < 1.29 is 9.18 Å². The molecule has 0 saturated carbocycles. The van der Waals surface area contributed by atoms with Gasteiger partial charge in [-0.05, 0) is 25.5 Å². The molecule has 82 valence electrons. The molecule has 0 fully saturated rings. The average molecular weight is 230 g/mol. The van der Waals surface area contributed by atoms with Crippen LogP contribution in [-0.4, -0.2) is 11.8 Å². The molecule has 1 rings (SSSR count). The maximum absolute atomic E-state index is 13.1. The van der Waals surface area contributed by atoms with Gasteiger partial charge in [-0.1, -0.05) is 6.07 Å². The molecule has 1 aromatic carbocycles. The van der Waals surface area contributed by atoms with Gasteiger partial charge in [0.1, 0.15) is 5.82 Å². The fourth-order valence-corrected chi connectivity index (χ4v) is 1.32. The predicted molar refractivity (Wildman–Crippen MR) is 59.7 cm³/mol. The summed E-state index contributed by atoms with van der Waals surface area (Å²) in [4.78, 5) is 11.3. The van der Waals surface area contributed by atoms with Crippen molar-refractivity contribution in [3.8, 4) is 0 Å². The number of benzene rings is 1. The van der Waals surface area contributed by atoms with Crippen LogP contribution in [0.5, 0.6) is 0 Å².